The molecule has 3 rings (SSSR count). The molecule has 1 aromatic carbocycles. The van der Waals surface area contributed by atoms with Crippen LogP contribution in [-0.2, 0) is 7.05 Å². The van der Waals surface area contributed by atoms with Crippen LogP contribution >= 0.6 is 0 Å². The van der Waals surface area contributed by atoms with Gasteiger partial charge in [-0.25, -0.2) is 9.48 Å². The maximum absolute atomic E-state index is 11.3. The van der Waals surface area contributed by atoms with Crippen molar-refractivity contribution in [3.63, 3.8) is 0 Å². The van der Waals surface area contributed by atoms with E-state index in [2.05, 4.69) is 15.5 Å². The molecule has 0 bridgehead atoms. The fourth-order valence-corrected chi connectivity index (χ4v) is 2.36. The number of carbonyl (C=O) groups excluding carboxylic acids is 1. The lowest BCUT2D eigenvalue weighted by molar-refractivity contribution is 0.259. The lowest BCUT2D eigenvalue weighted by Crippen LogP contribution is -2.21. The Morgan fingerprint density at radius 1 is 1.23 bits per heavy atom. The number of nitrogens with two attached hydrogens (primary N) is 1. The second-order valence-electron chi connectivity index (χ2n) is 4.90. The summed E-state index contributed by atoms with van der Waals surface area (Å²) in [6.07, 6.45) is 1.71. The van der Waals surface area contributed by atoms with E-state index in [4.69, 9.17) is 5.73 Å². The van der Waals surface area contributed by atoms with Gasteiger partial charge in [-0.3, -0.25) is 10.00 Å². The van der Waals surface area contributed by atoms with Crippen molar-refractivity contribution in [1.82, 2.24) is 19.6 Å². The molecule has 0 aliphatic carbocycles. The van der Waals surface area contributed by atoms with Crippen LogP contribution in [-0.4, -0.2) is 25.6 Å². The van der Waals surface area contributed by atoms with E-state index in [0.717, 1.165) is 22.6 Å². The molecule has 0 saturated carbocycles. The highest BCUT2D eigenvalue weighted by molar-refractivity contribution is 5.89. The molecular weight excluding hydrogens is 280 g/mol. The predicted octanol–water partition coefficient (Wildman–Crippen LogP) is 2.07. The second-order valence-corrected chi connectivity index (χ2v) is 4.90. The highest BCUT2D eigenvalue weighted by Gasteiger charge is 2.19. The van der Waals surface area contributed by atoms with Gasteiger partial charge < -0.3 is 5.73 Å². The molecule has 0 atom stereocenters. The molecule has 0 aliphatic heterocycles. The number of para-hydroxylation sites is 1. The van der Waals surface area contributed by atoms with Gasteiger partial charge in [0.15, 0.2) is 0 Å². The molecule has 0 saturated heterocycles. The molecule has 0 radical (unpaired) electrons. The Morgan fingerprint density at radius 3 is 2.55 bits per heavy atom. The molecule has 3 aromatic rings. The van der Waals surface area contributed by atoms with Crippen LogP contribution in [0.2, 0.25) is 0 Å². The maximum Gasteiger partial charge on any atom is 0.317 e. The second kappa shape index (κ2) is 5.36. The lowest BCUT2D eigenvalue weighted by atomic mass is 10.2. The molecule has 2 aromatic heterocycles. The normalized spacial score (nSPS) is 10.6. The van der Waals surface area contributed by atoms with Gasteiger partial charge in [-0.2, -0.15) is 10.2 Å². The minimum absolute atomic E-state index is 0.551. The summed E-state index contributed by atoms with van der Waals surface area (Å²) in [5.74, 6) is 0.551. The summed E-state index contributed by atoms with van der Waals surface area (Å²) in [4.78, 5) is 11.3. The van der Waals surface area contributed by atoms with E-state index in [-0.39, 0.29) is 0 Å². The van der Waals surface area contributed by atoms with E-state index in [1.807, 2.05) is 50.4 Å². The first-order valence-electron chi connectivity index (χ1n) is 6.78. The molecule has 2 amide bonds. The Bertz CT molecular complexity index is 818. The number of urea groups is 1. The zero-order valence-corrected chi connectivity index (χ0v) is 12.3. The zero-order valence-electron chi connectivity index (χ0n) is 12.3. The zero-order chi connectivity index (χ0) is 15.7. The van der Waals surface area contributed by atoms with Gasteiger partial charge in [0, 0.05) is 18.8 Å². The van der Waals surface area contributed by atoms with Crippen molar-refractivity contribution in [2.45, 2.75) is 6.92 Å². The van der Waals surface area contributed by atoms with Crippen molar-refractivity contribution in [3.8, 4) is 17.1 Å². The van der Waals surface area contributed by atoms with Crippen LogP contribution in [0.5, 0.6) is 0 Å². The van der Waals surface area contributed by atoms with E-state index in [0.29, 0.717) is 5.82 Å². The topological polar surface area (TPSA) is 90.8 Å². The molecule has 0 unspecified atom stereocenters. The third-order valence-electron chi connectivity index (χ3n) is 3.43. The molecule has 0 fully saturated rings. The number of rotatable bonds is 3. The Balaban J connectivity index is 2.21. The highest BCUT2D eigenvalue weighted by atomic mass is 16.2. The number of anilines is 1. The molecule has 7 nitrogen and oxygen atoms in total. The number of aromatic nitrogens is 4. The van der Waals surface area contributed by atoms with Crippen LogP contribution in [0.15, 0.2) is 42.6 Å². The molecular formula is C15H16N6O. The van der Waals surface area contributed by atoms with Gasteiger partial charge in [-0.1, -0.05) is 18.2 Å². The van der Waals surface area contributed by atoms with Crippen molar-refractivity contribution in [1.29, 1.82) is 0 Å². The minimum atomic E-state index is -0.628. The Kier molecular flexibility index (Phi) is 3.38. The van der Waals surface area contributed by atoms with E-state index in [1.165, 1.54) is 0 Å². The van der Waals surface area contributed by atoms with Crippen LogP contribution in [0.25, 0.3) is 17.1 Å². The first-order chi connectivity index (χ1) is 10.6. The number of carbonyl (C=O) groups is 1. The van der Waals surface area contributed by atoms with E-state index < -0.39 is 6.03 Å². The van der Waals surface area contributed by atoms with Gasteiger partial charge in [-0.15, -0.1) is 0 Å². The van der Waals surface area contributed by atoms with Crippen LogP contribution in [0.4, 0.5) is 10.6 Å². The van der Waals surface area contributed by atoms with E-state index in [9.17, 15) is 4.79 Å². The summed E-state index contributed by atoms with van der Waals surface area (Å²) in [6.45, 7) is 1.89. The Labute approximate surface area is 127 Å². The molecule has 22 heavy (non-hydrogen) atoms. The third-order valence-corrected chi connectivity index (χ3v) is 3.43. The fourth-order valence-electron chi connectivity index (χ4n) is 2.36. The number of benzene rings is 1. The van der Waals surface area contributed by atoms with Gasteiger partial charge in [0.25, 0.3) is 0 Å². The summed E-state index contributed by atoms with van der Waals surface area (Å²) in [7, 11) is 1.84. The number of aryl methyl sites for hydroxylation is 1. The van der Waals surface area contributed by atoms with Crippen molar-refractivity contribution in [2.24, 2.45) is 12.8 Å². The summed E-state index contributed by atoms with van der Waals surface area (Å²) < 4.78 is 3.40. The standard InChI is InChI=1S/C15H16N6O/c1-10-13(12-8-9-17-20(12)2)19-21(14(10)18-15(16)22)11-6-4-3-5-7-11/h3-9H,1-2H3,(H3,16,18,22). The third kappa shape index (κ3) is 2.32. The number of nitrogens with zero attached hydrogens (tertiary/aromatic N) is 4. The average Bonchev–Trinajstić information content (AvgIpc) is 3.05. The van der Waals surface area contributed by atoms with Crippen molar-refractivity contribution >= 4 is 11.8 Å². The average molecular weight is 296 g/mol. The smallest absolute Gasteiger partial charge is 0.317 e. The van der Waals surface area contributed by atoms with Crippen LogP contribution < -0.4 is 11.1 Å². The van der Waals surface area contributed by atoms with Crippen LogP contribution in [0.3, 0.4) is 0 Å². The Hall–Kier alpha value is -3.09. The number of primary amides is 1. The van der Waals surface area contributed by atoms with Crippen molar-refractivity contribution in [3.05, 3.63) is 48.2 Å². The van der Waals surface area contributed by atoms with Crippen LogP contribution in [0.1, 0.15) is 5.56 Å². The number of nitrogens with one attached hydrogen (secondary N) is 1. The molecule has 0 aliphatic rings. The molecule has 112 valence electrons. The maximum atomic E-state index is 11.3. The van der Waals surface area contributed by atoms with Gasteiger partial charge in [0.2, 0.25) is 0 Å². The van der Waals surface area contributed by atoms with Gasteiger partial charge >= 0.3 is 6.03 Å². The summed E-state index contributed by atoms with van der Waals surface area (Å²) in [6, 6.07) is 10.8. The largest absolute Gasteiger partial charge is 0.351 e. The monoisotopic (exact) mass is 296 g/mol. The van der Waals surface area contributed by atoms with E-state index in [1.54, 1.807) is 15.6 Å². The molecule has 3 N–H and O–H groups in total. The van der Waals surface area contributed by atoms with Gasteiger partial charge in [0.1, 0.15) is 11.5 Å². The van der Waals surface area contributed by atoms with E-state index >= 15 is 0 Å². The molecule has 0 spiro atoms. The number of amides is 2. The SMILES string of the molecule is Cc1c(-c2ccnn2C)nn(-c2ccccc2)c1NC(N)=O. The van der Waals surface area contributed by atoms with Gasteiger partial charge in [0.05, 0.1) is 11.4 Å². The molecule has 7 heteroatoms. The highest BCUT2D eigenvalue weighted by Crippen LogP contribution is 2.29. The van der Waals surface area contributed by atoms with Crippen molar-refractivity contribution < 1.29 is 4.79 Å². The predicted molar refractivity (Wildman–Crippen MR) is 83.7 cm³/mol. The first-order valence-corrected chi connectivity index (χ1v) is 6.78. The number of hydrogen-bond acceptors (Lipinski definition) is 3. The quantitative estimate of drug-likeness (QED) is 0.775. The summed E-state index contributed by atoms with van der Waals surface area (Å²) in [5, 5.41) is 11.4. The minimum Gasteiger partial charge on any atom is -0.351 e. The lowest BCUT2D eigenvalue weighted by Gasteiger charge is -2.07. The first kappa shape index (κ1) is 13.9. The molecule has 2 heterocycles. The Morgan fingerprint density at radius 2 is 1.95 bits per heavy atom. The number of hydrogen-bond donors (Lipinski definition) is 2. The van der Waals surface area contributed by atoms with Gasteiger partial charge in [-0.05, 0) is 25.1 Å². The van der Waals surface area contributed by atoms with Crippen LogP contribution in [0, 0.1) is 6.92 Å². The van der Waals surface area contributed by atoms with Crippen molar-refractivity contribution in [2.75, 3.05) is 5.32 Å². The fraction of sp³-hybridized carbons (Fsp3) is 0.133. The summed E-state index contributed by atoms with van der Waals surface area (Å²) in [5.41, 5.74) is 8.55. The summed E-state index contributed by atoms with van der Waals surface area (Å²) >= 11 is 0.